The smallest absolute Gasteiger partial charge is 0.268 e. The molecule has 2 N–H and O–H groups in total. The van der Waals surface area contributed by atoms with E-state index in [-0.39, 0.29) is 17.0 Å². The minimum absolute atomic E-state index is 0.163. The summed E-state index contributed by atoms with van der Waals surface area (Å²) in [5, 5.41) is 9.90. The topological polar surface area (TPSA) is 79.8 Å². The summed E-state index contributed by atoms with van der Waals surface area (Å²) in [6, 6.07) is 9.63. The number of amides is 1. The van der Waals surface area contributed by atoms with E-state index in [2.05, 4.69) is 29.4 Å². The minimum atomic E-state index is -0.378. The number of aromatic amines is 1. The Morgan fingerprint density at radius 3 is 2.61 bits per heavy atom. The van der Waals surface area contributed by atoms with E-state index in [9.17, 15) is 9.59 Å². The molecule has 6 heteroatoms. The second kappa shape index (κ2) is 7.84. The summed E-state index contributed by atoms with van der Waals surface area (Å²) in [5.41, 5.74) is 5.08. The Morgan fingerprint density at radius 1 is 1.21 bits per heavy atom. The first-order valence-electron chi connectivity index (χ1n) is 9.40. The monoisotopic (exact) mass is 378 g/mol. The van der Waals surface area contributed by atoms with Crippen LogP contribution >= 0.6 is 0 Å². The van der Waals surface area contributed by atoms with Gasteiger partial charge in [0, 0.05) is 29.7 Å². The molecule has 0 aliphatic heterocycles. The first kappa shape index (κ1) is 19.6. The number of carbonyl (C=O) groups excluding carboxylic acids is 1. The van der Waals surface area contributed by atoms with Gasteiger partial charge in [-0.3, -0.25) is 19.3 Å². The first-order chi connectivity index (χ1) is 13.3. The fourth-order valence-corrected chi connectivity index (χ4v) is 3.23. The van der Waals surface area contributed by atoms with Gasteiger partial charge in [0.2, 0.25) is 0 Å². The van der Waals surface area contributed by atoms with Gasteiger partial charge in [-0.05, 0) is 56.0 Å². The summed E-state index contributed by atoms with van der Waals surface area (Å²) < 4.78 is 1.53. The van der Waals surface area contributed by atoms with E-state index in [1.807, 2.05) is 38.1 Å². The van der Waals surface area contributed by atoms with E-state index in [1.54, 1.807) is 19.2 Å². The fourth-order valence-electron chi connectivity index (χ4n) is 3.23. The third-order valence-corrected chi connectivity index (χ3v) is 5.05. The van der Waals surface area contributed by atoms with E-state index in [4.69, 9.17) is 0 Å². The SMILES string of the molecule is Cc1ccn(-c2cccc(C(C)C)c2)c(=O)c1C(=O)NCc1c(C)n[nH]c1C. The number of nitrogens with one attached hydrogen (secondary N) is 2. The molecule has 28 heavy (non-hydrogen) atoms. The maximum Gasteiger partial charge on any atom is 0.268 e. The highest BCUT2D eigenvalue weighted by Crippen LogP contribution is 2.18. The van der Waals surface area contributed by atoms with Crippen LogP contribution in [0.4, 0.5) is 0 Å². The molecule has 0 spiro atoms. The third-order valence-electron chi connectivity index (χ3n) is 5.05. The van der Waals surface area contributed by atoms with Crippen molar-refractivity contribution in [1.82, 2.24) is 20.1 Å². The second-order valence-electron chi connectivity index (χ2n) is 7.39. The molecule has 1 amide bonds. The first-order valence-corrected chi connectivity index (χ1v) is 9.40. The molecule has 0 bridgehead atoms. The Balaban J connectivity index is 1.94. The van der Waals surface area contributed by atoms with Crippen molar-refractivity contribution < 1.29 is 4.79 Å². The fraction of sp³-hybridized carbons (Fsp3) is 0.318. The molecule has 2 heterocycles. The Kier molecular flexibility index (Phi) is 5.49. The highest BCUT2D eigenvalue weighted by atomic mass is 16.2. The number of pyridine rings is 1. The number of hydrogen-bond donors (Lipinski definition) is 2. The molecular formula is C22H26N4O2. The van der Waals surface area contributed by atoms with Crippen LogP contribution in [0.2, 0.25) is 0 Å². The van der Waals surface area contributed by atoms with Crippen LogP contribution in [0.1, 0.15) is 58.2 Å². The molecule has 2 aromatic heterocycles. The van der Waals surface area contributed by atoms with Gasteiger partial charge in [0.05, 0.1) is 5.69 Å². The van der Waals surface area contributed by atoms with Crippen LogP contribution in [0, 0.1) is 20.8 Å². The van der Waals surface area contributed by atoms with E-state index >= 15 is 0 Å². The van der Waals surface area contributed by atoms with Gasteiger partial charge in [0.15, 0.2) is 0 Å². The normalized spacial score (nSPS) is 11.1. The predicted molar refractivity (Wildman–Crippen MR) is 110 cm³/mol. The van der Waals surface area contributed by atoms with Crippen LogP contribution < -0.4 is 10.9 Å². The molecule has 3 aromatic rings. The van der Waals surface area contributed by atoms with Crippen molar-refractivity contribution in [2.45, 2.75) is 47.1 Å². The zero-order valence-corrected chi connectivity index (χ0v) is 17.0. The van der Waals surface area contributed by atoms with E-state index in [0.29, 0.717) is 18.0 Å². The van der Waals surface area contributed by atoms with Crippen molar-refractivity contribution in [3.63, 3.8) is 0 Å². The molecular weight excluding hydrogens is 352 g/mol. The van der Waals surface area contributed by atoms with Crippen molar-refractivity contribution in [3.8, 4) is 5.69 Å². The molecule has 146 valence electrons. The Hall–Kier alpha value is -3.15. The lowest BCUT2D eigenvalue weighted by Gasteiger charge is -2.13. The van der Waals surface area contributed by atoms with Crippen molar-refractivity contribution in [2.75, 3.05) is 0 Å². The van der Waals surface area contributed by atoms with E-state index < -0.39 is 0 Å². The Morgan fingerprint density at radius 2 is 1.96 bits per heavy atom. The molecule has 0 aliphatic rings. The van der Waals surface area contributed by atoms with Gasteiger partial charge in [0.1, 0.15) is 5.56 Å². The van der Waals surface area contributed by atoms with Crippen LogP contribution in [0.3, 0.4) is 0 Å². The van der Waals surface area contributed by atoms with Gasteiger partial charge >= 0.3 is 0 Å². The number of aryl methyl sites for hydroxylation is 3. The van der Waals surface area contributed by atoms with Crippen LogP contribution in [0.5, 0.6) is 0 Å². The van der Waals surface area contributed by atoms with Crippen LogP contribution in [0.25, 0.3) is 5.69 Å². The standard InChI is InChI=1S/C22H26N4O2/c1-13(2)17-7-6-8-18(11-17)26-10-9-14(3)20(22(26)28)21(27)23-12-19-15(4)24-25-16(19)5/h6-11,13H,12H2,1-5H3,(H,23,27)(H,24,25). The number of H-pyrrole nitrogens is 1. The highest BCUT2D eigenvalue weighted by molar-refractivity contribution is 5.95. The summed E-state index contributed by atoms with van der Waals surface area (Å²) in [7, 11) is 0. The lowest BCUT2D eigenvalue weighted by Crippen LogP contribution is -2.33. The number of carbonyl (C=O) groups is 1. The summed E-state index contributed by atoms with van der Waals surface area (Å²) in [4.78, 5) is 25.9. The van der Waals surface area contributed by atoms with E-state index in [0.717, 1.165) is 28.2 Å². The molecule has 0 saturated heterocycles. The lowest BCUT2D eigenvalue weighted by atomic mass is 10.0. The van der Waals surface area contributed by atoms with Gasteiger partial charge in [-0.25, -0.2) is 0 Å². The maximum absolute atomic E-state index is 13.1. The zero-order valence-electron chi connectivity index (χ0n) is 17.0. The van der Waals surface area contributed by atoms with Crippen molar-refractivity contribution in [2.24, 2.45) is 0 Å². The van der Waals surface area contributed by atoms with Crippen LogP contribution in [-0.2, 0) is 6.54 Å². The number of benzene rings is 1. The maximum atomic E-state index is 13.1. The van der Waals surface area contributed by atoms with Crippen LogP contribution in [0.15, 0.2) is 41.3 Å². The number of hydrogen-bond acceptors (Lipinski definition) is 3. The van der Waals surface area contributed by atoms with Gasteiger partial charge in [-0.1, -0.05) is 26.0 Å². The van der Waals surface area contributed by atoms with Gasteiger partial charge < -0.3 is 5.32 Å². The molecule has 0 saturated carbocycles. The number of rotatable bonds is 5. The molecule has 0 atom stereocenters. The summed E-state index contributed by atoms with van der Waals surface area (Å²) in [6.45, 7) is 10.1. The van der Waals surface area contributed by atoms with Crippen molar-refractivity contribution in [3.05, 3.63) is 80.5 Å². The van der Waals surface area contributed by atoms with Gasteiger partial charge in [-0.2, -0.15) is 5.10 Å². The summed E-state index contributed by atoms with van der Waals surface area (Å²) in [6.07, 6.45) is 1.72. The Labute approximate surface area is 164 Å². The summed E-state index contributed by atoms with van der Waals surface area (Å²) in [5.74, 6) is -0.0258. The van der Waals surface area contributed by atoms with E-state index in [1.165, 1.54) is 4.57 Å². The molecule has 0 radical (unpaired) electrons. The Bertz CT molecular complexity index is 1060. The van der Waals surface area contributed by atoms with Crippen molar-refractivity contribution in [1.29, 1.82) is 0 Å². The van der Waals surface area contributed by atoms with Crippen LogP contribution in [-0.4, -0.2) is 20.7 Å². The lowest BCUT2D eigenvalue weighted by molar-refractivity contribution is 0.0948. The largest absolute Gasteiger partial charge is 0.348 e. The minimum Gasteiger partial charge on any atom is -0.348 e. The third kappa shape index (κ3) is 3.76. The van der Waals surface area contributed by atoms with Gasteiger partial charge in [0.25, 0.3) is 11.5 Å². The van der Waals surface area contributed by atoms with Gasteiger partial charge in [-0.15, -0.1) is 0 Å². The zero-order chi connectivity index (χ0) is 20.4. The average Bonchev–Trinajstić information content (AvgIpc) is 2.98. The molecule has 0 fully saturated rings. The summed E-state index contributed by atoms with van der Waals surface area (Å²) >= 11 is 0. The number of aromatic nitrogens is 3. The quantitative estimate of drug-likeness (QED) is 0.713. The molecule has 3 rings (SSSR count). The predicted octanol–water partition coefficient (Wildman–Crippen LogP) is 3.54. The molecule has 0 aliphatic carbocycles. The van der Waals surface area contributed by atoms with Crippen molar-refractivity contribution >= 4 is 5.91 Å². The second-order valence-corrected chi connectivity index (χ2v) is 7.39. The number of nitrogens with zero attached hydrogens (tertiary/aromatic N) is 2. The molecule has 6 nitrogen and oxygen atoms in total. The molecule has 0 unspecified atom stereocenters. The average molecular weight is 378 g/mol. The molecule has 1 aromatic carbocycles. The highest BCUT2D eigenvalue weighted by Gasteiger charge is 2.17.